The molecule has 1 rings (SSSR count). The van der Waals surface area contributed by atoms with Crippen molar-refractivity contribution >= 4 is 5.78 Å². The first-order valence-electron chi connectivity index (χ1n) is 4.22. The number of carbonyl (C=O) groups excluding carboxylic acids is 1. The van der Waals surface area contributed by atoms with Crippen molar-refractivity contribution in [3.05, 3.63) is 23.5 Å². The largest absolute Gasteiger partial charge is 0.512 e. The number of Topliss-reactive ketones (excluding diaryl/α,β-unsaturated/α-hetero) is 1. The lowest BCUT2D eigenvalue weighted by molar-refractivity contribution is -0.114. The van der Waals surface area contributed by atoms with E-state index in [0.29, 0.717) is 12.0 Å². The fraction of sp³-hybridized carbons (Fsp3) is 0.500. The minimum Gasteiger partial charge on any atom is -0.512 e. The molecule has 2 heteroatoms. The molecule has 1 aliphatic carbocycles. The van der Waals surface area contributed by atoms with Gasteiger partial charge in [-0.25, -0.2) is 0 Å². The molecule has 1 atom stereocenters. The van der Waals surface area contributed by atoms with Crippen molar-refractivity contribution < 1.29 is 9.90 Å². The zero-order valence-corrected chi connectivity index (χ0v) is 7.50. The Morgan fingerprint density at radius 1 is 1.67 bits per heavy atom. The molecule has 0 aromatic rings. The first-order chi connectivity index (χ1) is 5.63. The summed E-state index contributed by atoms with van der Waals surface area (Å²) in [4.78, 5) is 11.1. The predicted octanol–water partition coefficient (Wildman–Crippen LogP) is 2.37. The number of ketones is 1. The zero-order chi connectivity index (χ0) is 9.14. The van der Waals surface area contributed by atoms with E-state index >= 15 is 0 Å². The fourth-order valence-corrected chi connectivity index (χ4v) is 1.54. The number of hydrogen-bond acceptors (Lipinski definition) is 2. The lowest BCUT2D eigenvalue weighted by Gasteiger charge is -2.09. The minimum atomic E-state index is -0.0217. The van der Waals surface area contributed by atoms with E-state index in [1.165, 1.54) is 6.92 Å². The molecule has 0 saturated heterocycles. The van der Waals surface area contributed by atoms with Gasteiger partial charge in [0.25, 0.3) is 0 Å². The third-order valence-corrected chi connectivity index (χ3v) is 2.12. The highest BCUT2D eigenvalue weighted by Crippen LogP contribution is 2.23. The molecule has 1 unspecified atom stereocenters. The standard InChI is InChI=1S/C10H14O2/c1-7-5-3-4-6-9(12)10(7)8(2)11/h3,5,7,12H,4,6H2,1-2H3. The summed E-state index contributed by atoms with van der Waals surface area (Å²) in [6.07, 6.45) is 5.40. The molecule has 66 valence electrons. The van der Waals surface area contributed by atoms with Gasteiger partial charge < -0.3 is 5.11 Å². The molecule has 2 nitrogen and oxygen atoms in total. The van der Waals surface area contributed by atoms with Crippen LogP contribution in [0.15, 0.2) is 23.5 Å². The molecule has 0 radical (unpaired) electrons. The van der Waals surface area contributed by atoms with E-state index in [1.807, 2.05) is 19.1 Å². The SMILES string of the molecule is CC(=O)C1=C(O)CCC=CC1C. The molecule has 1 N–H and O–H groups in total. The van der Waals surface area contributed by atoms with E-state index in [1.54, 1.807) is 0 Å². The van der Waals surface area contributed by atoms with Crippen LogP contribution in [-0.2, 0) is 4.79 Å². The van der Waals surface area contributed by atoms with Crippen molar-refractivity contribution in [2.75, 3.05) is 0 Å². The van der Waals surface area contributed by atoms with Gasteiger partial charge in [0.1, 0.15) is 0 Å². The maximum absolute atomic E-state index is 11.1. The van der Waals surface area contributed by atoms with E-state index < -0.39 is 0 Å². The van der Waals surface area contributed by atoms with E-state index in [-0.39, 0.29) is 17.5 Å². The van der Waals surface area contributed by atoms with E-state index in [0.717, 1.165) is 6.42 Å². The van der Waals surface area contributed by atoms with Crippen molar-refractivity contribution in [2.24, 2.45) is 5.92 Å². The number of rotatable bonds is 1. The second-order valence-corrected chi connectivity index (χ2v) is 3.17. The predicted molar refractivity (Wildman–Crippen MR) is 47.9 cm³/mol. The van der Waals surface area contributed by atoms with Crippen LogP contribution in [0.2, 0.25) is 0 Å². The van der Waals surface area contributed by atoms with Crippen LogP contribution < -0.4 is 0 Å². The van der Waals surface area contributed by atoms with E-state index in [2.05, 4.69) is 0 Å². The fourth-order valence-electron chi connectivity index (χ4n) is 1.54. The molecular weight excluding hydrogens is 152 g/mol. The zero-order valence-electron chi connectivity index (χ0n) is 7.50. The molecule has 0 aromatic heterocycles. The molecular formula is C10H14O2. The van der Waals surface area contributed by atoms with Crippen LogP contribution in [0.25, 0.3) is 0 Å². The number of carbonyl (C=O) groups is 1. The number of aliphatic hydroxyl groups excluding tert-OH is 1. The molecule has 0 bridgehead atoms. The van der Waals surface area contributed by atoms with Crippen LogP contribution in [0.1, 0.15) is 26.7 Å². The average Bonchev–Trinajstić information content (AvgIpc) is 2.11. The molecule has 12 heavy (non-hydrogen) atoms. The summed E-state index contributed by atoms with van der Waals surface area (Å²) in [5.41, 5.74) is 0.573. The Kier molecular flexibility index (Phi) is 2.69. The van der Waals surface area contributed by atoms with Gasteiger partial charge in [-0.2, -0.15) is 0 Å². The van der Waals surface area contributed by atoms with Gasteiger partial charge in [-0.3, -0.25) is 4.79 Å². The summed E-state index contributed by atoms with van der Waals surface area (Å²) < 4.78 is 0. The number of hydrogen-bond donors (Lipinski definition) is 1. The normalized spacial score (nSPS) is 24.0. The van der Waals surface area contributed by atoms with Gasteiger partial charge in [0, 0.05) is 17.9 Å². The summed E-state index contributed by atoms with van der Waals surface area (Å²) >= 11 is 0. The third kappa shape index (κ3) is 1.76. The molecule has 0 heterocycles. The molecule has 1 aliphatic rings. The Morgan fingerprint density at radius 2 is 2.33 bits per heavy atom. The topological polar surface area (TPSA) is 37.3 Å². The molecule has 0 spiro atoms. The molecule has 0 fully saturated rings. The summed E-state index contributed by atoms with van der Waals surface area (Å²) in [6.45, 7) is 3.43. The lowest BCUT2D eigenvalue weighted by Crippen LogP contribution is -2.07. The summed E-state index contributed by atoms with van der Waals surface area (Å²) in [5, 5.41) is 9.51. The van der Waals surface area contributed by atoms with Crippen molar-refractivity contribution in [1.29, 1.82) is 0 Å². The van der Waals surface area contributed by atoms with Crippen LogP contribution in [0, 0.1) is 5.92 Å². The van der Waals surface area contributed by atoms with Crippen molar-refractivity contribution in [3.8, 4) is 0 Å². The van der Waals surface area contributed by atoms with Crippen LogP contribution in [-0.4, -0.2) is 10.9 Å². The smallest absolute Gasteiger partial charge is 0.159 e. The van der Waals surface area contributed by atoms with Crippen molar-refractivity contribution in [1.82, 2.24) is 0 Å². The van der Waals surface area contributed by atoms with Gasteiger partial charge in [0.05, 0.1) is 5.76 Å². The first kappa shape index (κ1) is 9.04. The molecule has 0 aromatic carbocycles. The Bertz CT molecular complexity index is 249. The molecule has 0 saturated carbocycles. The first-order valence-corrected chi connectivity index (χ1v) is 4.22. The maximum Gasteiger partial charge on any atom is 0.159 e. The van der Waals surface area contributed by atoms with Crippen LogP contribution >= 0.6 is 0 Å². The second kappa shape index (κ2) is 3.57. The third-order valence-electron chi connectivity index (χ3n) is 2.12. The monoisotopic (exact) mass is 166 g/mol. The highest BCUT2D eigenvalue weighted by molar-refractivity contribution is 5.94. The minimum absolute atomic E-state index is 0.0217. The van der Waals surface area contributed by atoms with Gasteiger partial charge in [-0.1, -0.05) is 19.1 Å². The van der Waals surface area contributed by atoms with Crippen molar-refractivity contribution in [2.45, 2.75) is 26.7 Å². The van der Waals surface area contributed by atoms with E-state index in [9.17, 15) is 9.90 Å². The summed E-state index contributed by atoms with van der Waals surface area (Å²) in [5.74, 6) is 0.302. The number of aliphatic hydroxyl groups is 1. The highest BCUT2D eigenvalue weighted by atomic mass is 16.3. The molecule has 0 aliphatic heterocycles. The second-order valence-electron chi connectivity index (χ2n) is 3.17. The number of allylic oxidation sites excluding steroid dienone is 4. The van der Waals surface area contributed by atoms with Gasteiger partial charge in [-0.15, -0.1) is 0 Å². The Morgan fingerprint density at radius 3 is 2.92 bits per heavy atom. The summed E-state index contributed by atoms with van der Waals surface area (Å²) in [7, 11) is 0. The van der Waals surface area contributed by atoms with Crippen LogP contribution in [0.3, 0.4) is 0 Å². The van der Waals surface area contributed by atoms with Gasteiger partial charge >= 0.3 is 0 Å². The Labute approximate surface area is 72.6 Å². The van der Waals surface area contributed by atoms with E-state index in [4.69, 9.17) is 0 Å². The summed E-state index contributed by atoms with van der Waals surface area (Å²) in [6, 6.07) is 0. The van der Waals surface area contributed by atoms with Gasteiger partial charge in [0.15, 0.2) is 5.78 Å². The Hall–Kier alpha value is -1.05. The van der Waals surface area contributed by atoms with Crippen molar-refractivity contribution in [3.63, 3.8) is 0 Å². The van der Waals surface area contributed by atoms with Crippen LogP contribution in [0.5, 0.6) is 0 Å². The highest BCUT2D eigenvalue weighted by Gasteiger charge is 2.17. The quantitative estimate of drug-likeness (QED) is 0.607. The van der Waals surface area contributed by atoms with Crippen LogP contribution in [0.4, 0.5) is 0 Å². The lowest BCUT2D eigenvalue weighted by atomic mass is 9.97. The Balaban J connectivity index is 3.00. The average molecular weight is 166 g/mol. The molecule has 0 amide bonds. The maximum atomic E-state index is 11.1. The van der Waals surface area contributed by atoms with Gasteiger partial charge in [-0.05, 0) is 13.3 Å². The van der Waals surface area contributed by atoms with Gasteiger partial charge in [0.2, 0.25) is 0 Å².